The third kappa shape index (κ3) is 4.85. The second-order valence-electron chi connectivity index (χ2n) is 11.5. The summed E-state index contributed by atoms with van der Waals surface area (Å²) in [6, 6.07) is 8.53. The van der Waals surface area contributed by atoms with Gasteiger partial charge in [0.2, 0.25) is 0 Å². The molecule has 2 rings (SSSR count). The molecule has 0 bridgehead atoms. The molecule has 0 atom stereocenters. The van der Waals surface area contributed by atoms with Crippen molar-refractivity contribution in [3.63, 3.8) is 0 Å². The minimum absolute atomic E-state index is 0.121. The molecule has 0 spiro atoms. The zero-order chi connectivity index (χ0) is 23.2. The number of rotatable bonds is 4. The molecule has 0 radical (unpaired) electrons. The van der Waals surface area contributed by atoms with E-state index in [2.05, 4.69) is 100 Å². The number of phenolic OH excluding ortho intramolecular Hbond substituents is 2. The summed E-state index contributed by atoms with van der Waals surface area (Å²) in [4.78, 5) is 0. The third-order valence-corrected chi connectivity index (χ3v) is 6.21. The molecule has 0 aliphatic heterocycles. The number of hydrogen-bond donors (Lipinski definition) is 2. The van der Waals surface area contributed by atoms with Crippen LogP contribution in [0.5, 0.6) is 11.5 Å². The van der Waals surface area contributed by atoms with Crippen molar-refractivity contribution >= 4 is 0 Å². The summed E-state index contributed by atoms with van der Waals surface area (Å²) in [5.41, 5.74) is 5.82. The standard InChI is InChI=1S/C28H42O2/c1-16(2)19-12-21(25(29)23(14-19)27(6,7)8)18(5)22-13-20(17(3)4)15-24(26(22)30)28(9,10)11/h12-18,29-30H,1-11H3. The fourth-order valence-electron chi connectivity index (χ4n) is 4.00. The largest absolute Gasteiger partial charge is 0.507 e. The van der Waals surface area contributed by atoms with Gasteiger partial charge in [-0.15, -0.1) is 0 Å². The van der Waals surface area contributed by atoms with Gasteiger partial charge < -0.3 is 10.2 Å². The molecule has 30 heavy (non-hydrogen) atoms. The summed E-state index contributed by atoms with van der Waals surface area (Å²) in [6.45, 7) is 23.6. The lowest BCUT2D eigenvalue weighted by Gasteiger charge is -2.29. The first-order valence-electron chi connectivity index (χ1n) is 11.3. The minimum atomic E-state index is -0.165. The zero-order valence-electron chi connectivity index (χ0n) is 20.9. The first-order chi connectivity index (χ1) is 13.6. The Labute approximate surface area is 184 Å². The van der Waals surface area contributed by atoms with Gasteiger partial charge in [-0.3, -0.25) is 0 Å². The van der Waals surface area contributed by atoms with Gasteiger partial charge in [0.05, 0.1) is 0 Å². The van der Waals surface area contributed by atoms with Crippen LogP contribution in [0.2, 0.25) is 0 Å². The average molecular weight is 411 g/mol. The Kier molecular flexibility index (Phi) is 6.71. The molecule has 2 N–H and O–H groups in total. The molecule has 0 fully saturated rings. The highest BCUT2D eigenvalue weighted by atomic mass is 16.3. The SMILES string of the molecule is CC(C)c1cc(C(C)c2cc(C(C)C)cc(C(C)(C)C)c2O)c(O)c(C(C)(C)C)c1. The van der Waals surface area contributed by atoms with Gasteiger partial charge in [0.1, 0.15) is 11.5 Å². The van der Waals surface area contributed by atoms with Crippen molar-refractivity contribution in [2.24, 2.45) is 0 Å². The van der Waals surface area contributed by atoms with Crippen LogP contribution in [0.15, 0.2) is 24.3 Å². The molecule has 0 amide bonds. The van der Waals surface area contributed by atoms with Crippen molar-refractivity contribution in [2.45, 2.75) is 105 Å². The van der Waals surface area contributed by atoms with Gasteiger partial charge in [-0.05, 0) is 44.9 Å². The predicted molar refractivity (Wildman–Crippen MR) is 129 cm³/mol. The number of benzene rings is 2. The summed E-state index contributed by atoms with van der Waals surface area (Å²) in [7, 11) is 0. The van der Waals surface area contributed by atoms with E-state index in [-0.39, 0.29) is 16.7 Å². The van der Waals surface area contributed by atoms with Crippen LogP contribution in [0.1, 0.15) is 127 Å². The summed E-state index contributed by atoms with van der Waals surface area (Å²) < 4.78 is 0. The Hall–Kier alpha value is -1.96. The van der Waals surface area contributed by atoms with Crippen LogP contribution in [0.3, 0.4) is 0 Å². The van der Waals surface area contributed by atoms with Gasteiger partial charge in [0, 0.05) is 17.0 Å². The molecule has 2 heteroatoms. The van der Waals surface area contributed by atoms with Crippen LogP contribution in [-0.4, -0.2) is 10.2 Å². The fourth-order valence-corrected chi connectivity index (χ4v) is 4.00. The van der Waals surface area contributed by atoms with Crippen molar-refractivity contribution < 1.29 is 10.2 Å². The van der Waals surface area contributed by atoms with Crippen molar-refractivity contribution in [1.82, 2.24) is 0 Å². The van der Waals surface area contributed by atoms with E-state index >= 15 is 0 Å². The molecule has 2 aromatic carbocycles. The smallest absolute Gasteiger partial charge is 0.123 e. The molecule has 0 aromatic heterocycles. The van der Waals surface area contributed by atoms with Crippen molar-refractivity contribution in [3.8, 4) is 11.5 Å². The van der Waals surface area contributed by atoms with Gasteiger partial charge in [0.25, 0.3) is 0 Å². The lowest BCUT2D eigenvalue weighted by molar-refractivity contribution is 0.429. The molecular weight excluding hydrogens is 368 g/mol. The normalized spacial score (nSPS) is 13.0. The highest BCUT2D eigenvalue weighted by molar-refractivity contribution is 5.56. The van der Waals surface area contributed by atoms with E-state index < -0.39 is 0 Å². The summed E-state index contributed by atoms with van der Waals surface area (Å²) in [5.74, 6) is 1.30. The molecular formula is C28H42O2. The molecule has 166 valence electrons. The molecule has 0 aliphatic rings. The molecule has 2 nitrogen and oxygen atoms in total. The van der Waals surface area contributed by atoms with Crippen LogP contribution >= 0.6 is 0 Å². The molecule has 0 unspecified atom stereocenters. The second kappa shape index (κ2) is 8.29. The monoisotopic (exact) mass is 410 g/mol. The Morgan fingerprint density at radius 1 is 0.567 bits per heavy atom. The van der Waals surface area contributed by atoms with Gasteiger partial charge >= 0.3 is 0 Å². The zero-order valence-corrected chi connectivity index (χ0v) is 20.9. The highest BCUT2D eigenvalue weighted by Gasteiger charge is 2.28. The second-order valence-corrected chi connectivity index (χ2v) is 11.5. The van der Waals surface area contributed by atoms with Gasteiger partial charge in [0.15, 0.2) is 0 Å². The Bertz CT molecular complexity index is 830. The van der Waals surface area contributed by atoms with E-state index in [1.54, 1.807) is 0 Å². The maximum Gasteiger partial charge on any atom is 0.123 e. The quantitative estimate of drug-likeness (QED) is 0.534. The van der Waals surface area contributed by atoms with E-state index in [1.807, 2.05) is 0 Å². The van der Waals surface area contributed by atoms with E-state index in [0.717, 1.165) is 22.3 Å². The van der Waals surface area contributed by atoms with Crippen LogP contribution in [0, 0.1) is 0 Å². The number of phenols is 2. The van der Waals surface area contributed by atoms with Crippen molar-refractivity contribution in [3.05, 3.63) is 57.6 Å². The van der Waals surface area contributed by atoms with Crippen LogP contribution in [0.4, 0.5) is 0 Å². The predicted octanol–water partition coefficient (Wildman–Crippen LogP) is 8.09. The van der Waals surface area contributed by atoms with Crippen LogP contribution < -0.4 is 0 Å². The highest BCUT2D eigenvalue weighted by Crippen LogP contribution is 2.45. The average Bonchev–Trinajstić information content (AvgIpc) is 2.59. The molecule has 0 saturated heterocycles. The number of aromatic hydroxyl groups is 2. The Balaban J connectivity index is 2.81. The molecule has 0 saturated carbocycles. The van der Waals surface area contributed by atoms with Crippen LogP contribution in [-0.2, 0) is 10.8 Å². The van der Waals surface area contributed by atoms with Crippen molar-refractivity contribution in [2.75, 3.05) is 0 Å². The van der Waals surface area contributed by atoms with E-state index in [9.17, 15) is 10.2 Å². The van der Waals surface area contributed by atoms with Crippen LogP contribution in [0.25, 0.3) is 0 Å². The Morgan fingerprint density at radius 3 is 1.10 bits per heavy atom. The van der Waals surface area contributed by atoms with Gasteiger partial charge in [-0.1, -0.05) is 100 Å². The summed E-state index contributed by atoms with van der Waals surface area (Å²) in [5, 5.41) is 22.6. The molecule has 0 aliphatic carbocycles. The fraction of sp³-hybridized carbons (Fsp3) is 0.571. The lowest BCUT2D eigenvalue weighted by Crippen LogP contribution is -2.15. The topological polar surface area (TPSA) is 40.5 Å². The molecule has 2 aromatic rings. The summed E-state index contributed by atoms with van der Waals surface area (Å²) >= 11 is 0. The van der Waals surface area contributed by atoms with Gasteiger partial charge in [-0.25, -0.2) is 0 Å². The molecule has 0 heterocycles. The Morgan fingerprint density at radius 2 is 0.867 bits per heavy atom. The van der Waals surface area contributed by atoms with E-state index in [0.29, 0.717) is 23.3 Å². The maximum absolute atomic E-state index is 11.3. The third-order valence-electron chi connectivity index (χ3n) is 6.21. The minimum Gasteiger partial charge on any atom is -0.507 e. The first-order valence-corrected chi connectivity index (χ1v) is 11.3. The maximum atomic E-state index is 11.3. The number of hydrogen-bond acceptors (Lipinski definition) is 2. The lowest BCUT2D eigenvalue weighted by atomic mass is 9.77. The van der Waals surface area contributed by atoms with E-state index in [4.69, 9.17) is 0 Å². The van der Waals surface area contributed by atoms with E-state index in [1.165, 1.54) is 11.1 Å². The first kappa shape index (κ1) is 24.3. The van der Waals surface area contributed by atoms with Gasteiger partial charge in [-0.2, -0.15) is 0 Å². The van der Waals surface area contributed by atoms with Crippen molar-refractivity contribution in [1.29, 1.82) is 0 Å². The summed E-state index contributed by atoms with van der Waals surface area (Å²) in [6.07, 6.45) is 0.